The molecule has 1 N–H and O–H groups in total. The molecule has 1 saturated carbocycles. The Kier molecular flexibility index (Phi) is 10.9. The number of sulfonamides is 1. The molecule has 1 aliphatic carbocycles. The number of amides is 2. The molecule has 0 bridgehead atoms. The van der Waals surface area contributed by atoms with Gasteiger partial charge < -0.3 is 10.2 Å². The number of nitrogens with zero attached hydrogens (tertiary/aromatic N) is 2. The van der Waals surface area contributed by atoms with Gasteiger partial charge in [0, 0.05) is 31.6 Å². The molecule has 3 rings (SSSR count). The van der Waals surface area contributed by atoms with E-state index in [-0.39, 0.29) is 49.5 Å². The standard InChI is InChI=1S/C29H39F2N3O4S/c1-4-27(29(36)32-23-12-6-5-7-13-23)33(20-22-11-8-10-21(2)18-22)28(35)14-9-17-34(39(3,37)38)24-15-16-25(30)26(31)19-24/h8,10-11,15-16,18-19,23,27H,4-7,9,12-14,17,20H2,1-3H3,(H,32,36)/t27-/m0/s1. The number of hydrogen-bond donors (Lipinski definition) is 1. The highest BCUT2D eigenvalue weighted by Crippen LogP contribution is 2.23. The Morgan fingerprint density at radius 2 is 1.77 bits per heavy atom. The fourth-order valence-electron chi connectivity index (χ4n) is 5.12. The first kappa shape index (κ1) is 30.5. The smallest absolute Gasteiger partial charge is 0.243 e. The first-order valence-electron chi connectivity index (χ1n) is 13.6. The van der Waals surface area contributed by atoms with Crippen LogP contribution in [0.3, 0.4) is 0 Å². The lowest BCUT2D eigenvalue weighted by Crippen LogP contribution is -2.51. The van der Waals surface area contributed by atoms with Crippen molar-refractivity contribution < 1.29 is 26.8 Å². The SMILES string of the molecule is CC[C@@H](C(=O)NC1CCCCC1)N(Cc1cccc(C)c1)C(=O)CCCN(c1ccc(F)c(F)c1)S(C)(=O)=O. The highest BCUT2D eigenvalue weighted by atomic mass is 32.2. The molecule has 0 spiro atoms. The summed E-state index contributed by atoms with van der Waals surface area (Å²) < 4.78 is 53.0. The van der Waals surface area contributed by atoms with E-state index >= 15 is 0 Å². The first-order valence-corrected chi connectivity index (χ1v) is 15.4. The van der Waals surface area contributed by atoms with Crippen molar-refractivity contribution >= 4 is 27.5 Å². The number of carbonyl (C=O) groups is 2. The van der Waals surface area contributed by atoms with Gasteiger partial charge in [0.2, 0.25) is 21.8 Å². The molecule has 39 heavy (non-hydrogen) atoms. The molecule has 10 heteroatoms. The van der Waals surface area contributed by atoms with Crippen LogP contribution in [0.1, 0.15) is 69.4 Å². The van der Waals surface area contributed by atoms with Gasteiger partial charge in [-0.25, -0.2) is 17.2 Å². The quantitative estimate of drug-likeness (QED) is 0.391. The van der Waals surface area contributed by atoms with Gasteiger partial charge in [0.25, 0.3) is 0 Å². The summed E-state index contributed by atoms with van der Waals surface area (Å²) in [5, 5.41) is 3.14. The molecule has 2 aromatic carbocycles. The molecule has 1 atom stereocenters. The molecule has 1 fully saturated rings. The van der Waals surface area contributed by atoms with Gasteiger partial charge >= 0.3 is 0 Å². The van der Waals surface area contributed by atoms with E-state index in [1.54, 1.807) is 4.90 Å². The van der Waals surface area contributed by atoms with E-state index in [1.807, 2.05) is 38.1 Å². The molecular weight excluding hydrogens is 524 g/mol. The van der Waals surface area contributed by atoms with Gasteiger partial charge in [0.1, 0.15) is 6.04 Å². The van der Waals surface area contributed by atoms with Gasteiger partial charge in [0.15, 0.2) is 11.6 Å². The van der Waals surface area contributed by atoms with E-state index in [9.17, 15) is 26.8 Å². The van der Waals surface area contributed by atoms with Crippen molar-refractivity contribution in [1.29, 1.82) is 0 Å². The van der Waals surface area contributed by atoms with Gasteiger partial charge in [-0.3, -0.25) is 13.9 Å². The largest absolute Gasteiger partial charge is 0.352 e. The lowest BCUT2D eigenvalue weighted by Gasteiger charge is -2.33. The Morgan fingerprint density at radius 3 is 2.38 bits per heavy atom. The average molecular weight is 564 g/mol. The molecule has 0 aromatic heterocycles. The van der Waals surface area contributed by atoms with Crippen molar-refractivity contribution in [3.63, 3.8) is 0 Å². The van der Waals surface area contributed by atoms with Crippen molar-refractivity contribution in [2.24, 2.45) is 0 Å². The average Bonchev–Trinajstić information content (AvgIpc) is 2.88. The van der Waals surface area contributed by atoms with Crippen molar-refractivity contribution in [2.45, 2.75) is 83.8 Å². The third-order valence-electron chi connectivity index (χ3n) is 7.12. The van der Waals surface area contributed by atoms with Gasteiger partial charge in [0.05, 0.1) is 11.9 Å². The number of anilines is 1. The number of nitrogens with one attached hydrogen (secondary N) is 1. The van der Waals surface area contributed by atoms with Crippen LogP contribution in [-0.4, -0.2) is 50.0 Å². The summed E-state index contributed by atoms with van der Waals surface area (Å²) in [6, 6.07) is 10.1. The number of rotatable bonds is 12. The van der Waals surface area contributed by atoms with E-state index in [1.165, 1.54) is 6.07 Å². The van der Waals surface area contributed by atoms with Gasteiger partial charge in [-0.15, -0.1) is 0 Å². The monoisotopic (exact) mass is 563 g/mol. The highest BCUT2D eigenvalue weighted by molar-refractivity contribution is 7.92. The first-order chi connectivity index (χ1) is 18.5. The van der Waals surface area contributed by atoms with Crippen LogP contribution in [0, 0.1) is 18.6 Å². The minimum atomic E-state index is -3.81. The number of benzene rings is 2. The molecule has 2 aromatic rings. The van der Waals surface area contributed by atoms with Crippen molar-refractivity contribution in [3.05, 3.63) is 65.2 Å². The van der Waals surface area contributed by atoms with Crippen LogP contribution in [0.2, 0.25) is 0 Å². The summed E-state index contributed by atoms with van der Waals surface area (Å²) in [5.41, 5.74) is 1.92. The summed E-state index contributed by atoms with van der Waals surface area (Å²) >= 11 is 0. The van der Waals surface area contributed by atoms with E-state index in [2.05, 4.69) is 5.32 Å². The lowest BCUT2D eigenvalue weighted by atomic mass is 9.95. The van der Waals surface area contributed by atoms with E-state index in [0.717, 1.165) is 65.9 Å². The Bertz CT molecular complexity index is 1250. The van der Waals surface area contributed by atoms with Crippen LogP contribution in [0.4, 0.5) is 14.5 Å². The van der Waals surface area contributed by atoms with Crippen LogP contribution in [0.25, 0.3) is 0 Å². The number of carbonyl (C=O) groups excluding carboxylic acids is 2. The minimum Gasteiger partial charge on any atom is -0.352 e. The predicted molar refractivity (Wildman–Crippen MR) is 149 cm³/mol. The maximum Gasteiger partial charge on any atom is 0.243 e. The molecule has 0 aliphatic heterocycles. The zero-order valence-corrected chi connectivity index (χ0v) is 23.8. The second-order valence-corrected chi connectivity index (χ2v) is 12.2. The summed E-state index contributed by atoms with van der Waals surface area (Å²) in [6.45, 7) is 3.98. The molecule has 0 heterocycles. The molecule has 214 valence electrons. The second-order valence-electron chi connectivity index (χ2n) is 10.3. The Hall–Kier alpha value is -3.01. The maximum atomic E-state index is 13.8. The van der Waals surface area contributed by atoms with E-state index in [0.29, 0.717) is 6.42 Å². The third-order valence-corrected chi connectivity index (χ3v) is 8.31. The van der Waals surface area contributed by atoms with Crippen LogP contribution in [-0.2, 0) is 26.2 Å². The van der Waals surface area contributed by atoms with Crippen molar-refractivity contribution in [3.8, 4) is 0 Å². The third kappa shape index (κ3) is 8.74. The number of halogens is 2. The van der Waals surface area contributed by atoms with Gasteiger partial charge in [-0.2, -0.15) is 0 Å². The van der Waals surface area contributed by atoms with Crippen molar-refractivity contribution in [2.75, 3.05) is 17.1 Å². The van der Waals surface area contributed by atoms with Crippen LogP contribution in [0.15, 0.2) is 42.5 Å². The maximum absolute atomic E-state index is 13.8. The van der Waals surface area contributed by atoms with Crippen LogP contribution >= 0.6 is 0 Å². The summed E-state index contributed by atoms with van der Waals surface area (Å²) in [7, 11) is -3.81. The summed E-state index contributed by atoms with van der Waals surface area (Å²) in [5.74, 6) is -2.69. The molecule has 0 saturated heterocycles. The Balaban J connectivity index is 1.76. The summed E-state index contributed by atoms with van der Waals surface area (Å²) in [6.07, 6.45) is 6.69. The number of hydrogen-bond acceptors (Lipinski definition) is 4. The normalized spacial score (nSPS) is 15.0. The fraction of sp³-hybridized carbons (Fsp3) is 0.517. The molecule has 0 radical (unpaired) electrons. The van der Waals surface area contributed by atoms with Gasteiger partial charge in [-0.05, 0) is 50.3 Å². The fourth-order valence-corrected chi connectivity index (χ4v) is 6.07. The molecular formula is C29H39F2N3O4S. The molecule has 0 unspecified atom stereocenters. The topological polar surface area (TPSA) is 86.8 Å². The van der Waals surface area contributed by atoms with E-state index < -0.39 is 27.7 Å². The molecule has 7 nitrogen and oxygen atoms in total. The molecule has 2 amide bonds. The van der Waals surface area contributed by atoms with E-state index in [4.69, 9.17) is 0 Å². The number of aryl methyl sites for hydroxylation is 1. The zero-order valence-electron chi connectivity index (χ0n) is 23.0. The molecule has 1 aliphatic rings. The Labute approximate surface area is 230 Å². The predicted octanol–water partition coefficient (Wildman–Crippen LogP) is 5.08. The van der Waals surface area contributed by atoms with Gasteiger partial charge in [-0.1, -0.05) is 56.0 Å². The van der Waals surface area contributed by atoms with Crippen LogP contribution < -0.4 is 9.62 Å². The summed E-state index contributed by atoms with van der Waals surface area (Å²) in [4.78, 5) is 28.5. The lowest BCUT2D eigenvalue weighted by molar-refractivity contribution is -0.141. The van der Waals surface area contributed by atoms with Crippen molar-refractivity contribution in [1.82, 2.24) is 10.2 Å². The second kappa shape index (κ2) is 13.9. The Morgan fingerprint density at radius 1 is 1.05 bits per heavy atom. The van der Waals surface area contributed by atoms with Crippen LogP contribution in [0.5, 0.6) is 0 Å². The minimum absolute atomic E-state index is 0.0150. The highest BCUT2D eigenvalue weighted by Gasteiger charge is 2.30. The zero-order chi connectivity index (χ0) is 28.6.